The van der Waals surface area contributed by atoms with Gasteiger partial charge in [0.05, 0.1) is 0 Å². The molecule has 0 aliphatic rings. The Morgan fingerprint density at radius 3 is 3.15 bits per heavy atom. The van der Waals surface area contributed by atoms with Crippen molar-refractivity contribution < 1.29 is 0 Å². The summed E-state index contributed by atoms with van der Waals surface area (Å²) in [5, 5.41) is 3.29. The lowest BCUT2D eigenvalue weighted by Gasteiger charge is -2.00. The highest BCUT2D eigenvalue weighted by atomic mass is 14.8. The number of pyridine rings is 1. The second-order valence-electron chi connectivity index (χ2n) is 2.71. The zero-order valence-corrected chi connectivity index (χ0v) is 7.88. The second kappa shape index (κ2) is 6.22. The van der Waals surface area contributed by atoms with Gasteiger partial charge in [-0.25, -0.2) is 0 Å². The lowest BCUT2D eigenvalue weighted by Crippen LogP contribution is -2.14. The normalized spacial score (nSPS) is 9.00. The maximum Gasteiger partial charge on any atom is 0.0312 e. The summed E-state index contributed by atoms with van der Waals surface area (Å²) in [6.45, 7) is 3.68. The first kappa shape index (κ1) is 9.76. The summed E-state index contributed by atoms with van der Waals surface area (Å²) >= 11 is 0. The molecule has 0 radical (unpaired) electrons. The Hall–Kier alpha value is -1.33. The van der Waals surface area contributed by atoms with Crippen LogP contribution in [0, 0.1) is 11.8 Å². The zero-order chi connectivity index (χ0) is 9.36. The molecule has 1 heterocycles. The monoisotopic (exact) mass is 174 g/mol. The molecule has 0 saturated heterocycles. The van der Waals surface area contributed by atoms with E-state index in [4.69, 9.17) is 0 Å². The molecule has 0 atom stereocenters. The Morgan fingerprint density at radius 2 is 2.46 bits per heavy atom. The lowest BCUT2D eigenvalue weighted by atomic mass is 10.3. The van der Waals surface area contributed by atoms with Gasteiger partial charge < -0.3 is 5.32 Å². The summed E-state index contributed by atoms with van der Waals surface area (Å²) < 4.78 is 0. The number of aromatic nitrogens is 1. The minimum absolute atomic E-state index is 0.874. The van der Waals surface area contributed by atoms with Gasteiger partial charge in [-0.2, -0.15) is 0 Å². The SMILES string of the molecule is CC#CCCNCc1cccnc1. The van der Waals surface area contributed by atoms with Crippen LogP contribution in [0.4, 0.5) is 0 Å². The first-order valence-electron chi connectivity index (χ1n) is 4.42. The predicted molar refractivity (Wildman–Crippen MR) is 54.0 cm³/mol. The Bertz CT molecular complexity index is 282. The molecule has 0 unspecified atom stereocenters. The van der Waals surface area contributed by atoms with Crippen LogP contribution in [-0.4, -0.2) is 11.5 Å². The van der Waals surface area contributed by atoms with E-state index in [1.807, 2.05) is 19.2 Å². The largest absolute Gasteiger partial charge is 0.312 e. The van der Waals surface area contributed by atoms with E-state index in [1.54, 1.807) is 6.20 Å². The van der Waals surface area contributed by atoms with E-state index >= 15 is 0 Å². The highest BCUT2D eigenvalue weighted by molar-refractivity contribution is 5.07. The number of hydrogen-bond acceptors (Lipinski definition) is 2. The molecule has 0 bridgehead atoms. The van der Waals surface area contributed by atoms with Crippen LogP contribution in [0.2, 0.25) is 0 Å². The third-order valence-electron chi connectivity index (χ3n) is 1.66. The van der Waals surface area contributed by atoms with Gasteiger partial charge in [0, 0.05) is 31.9 Å². The summed E-state index contributed by atoms with van der Waals surface area (Å²) in [5.74, 6) is 5.87. The summed E-state index contributed by atoms with van der Waals surface area (Å²) in [6.07, 6.45) is 4.57. The number of nitrogens with zero attached hydrogens (tertiary/aromatic N) is 1. The predicted octanol–water partition coefficient (Wildman–Crippen LogP) is 1.58. The van der Waals surface area contributed by atoms with E-state index in [1.165, 1.54) is 5.56 Å². The molecule has 0 spiro atoms. The van der Waals surface area contributed by atoms with Crippen LogP contribution < -0.4 is 5.32 Å². The van der Waals surface area contributed by atoms with Crippen molar-refractivity contribution in [2.45, 2.75) is 19.9 Å². The molecule has 2 nitrogen and oxygen atoms in total. The number of rotatable bonds is 4. The van der Waals surface area contributed by atoms with Crippen LogP contribution in [0.5, 0.6) is 0 Å². The van der Waals surface area contributed by atoms with Crippen LogP contribution in [0.15, 0.2) is 24.5 Å². The molecule has 13 heavy (non-hydrogen) atoms. The number of hydrogen-bond donors (Lipinski definition) is 1. The highest BCUT2D eigenvalue weighted by Crippen LogP contribution is 1.93. The van der Waals surface area contributed by atoms with Crippen LogP contribution in [0.25, 0.3) is 0 Å². The topological polar surface area (TPSA) is 24.9 Å². The van der Waals surface area contributed by atoms with Gasteiger partial charge in [0.1, 0.15) is 0 Å². The van der Waals surface area contributed by atoms with E-state index in [0.29, 0.717) is 0 Å². The lowest BCUT2D eigenvalue weighted by molar-refractivity contribution is 0.699. The average Bonchev–Trinajstić information content (AvgIpc) is 2.19. The third-order valence-corrected chi connectivity index (χ3v) is 1.66. The molecule has 2 heteroatoms. The van der Waals surface area contributed by atoms with Crippen molar-refractivity contribution in [1.29, 1.82) is 0 Å². The van der Waals surface area contributed by atoms with Crippen LogP contribution in [-0.2, 0) is 6.54 Å². The van der Waals surface area contributed by atoms with Crippen LogP contribution in [0.3, 0.4) is 0 Å². The van der Waals surface area contributed by atoms with E-state index in [9.17, 15) is 0 Å². The number of nitrogens with one attached hydrogen (secondary N) is 1. The minimum atomic E-state index is 0.874. The van der Waals surface area contributed by atoms with Gasteiger partial charge in [-0.05, 0) is 18.6 Å². The smallest absolute Gasteiger partial charge is 0.0312 e. The first-order chi connectivity index (χ1) is 6.43. The molecular formula is C11H14N2. The van der Waals surface area contributed by atoms with Crippen molar-refractivity contribution >= 4 is 0 Å². The summed E-state index contributed by atoms with van der Waals surface area (Å²) in [7, 11) is 0. The minimum Gasteiger partial charge on any atom is -0.312 e. The van der Waals surface area contributed by atoms with E-state index in [0.717, 1.165) is 19.5 Å². The van der Waals surface area contributed by atoms with Gasteiger partial charge in [-0.3, -0.25) is 4.98 Å². The first-order valence-corrected chi connectivity index (χ1v) is 4.42. The van der Waals surface area contributed by atoms with Crippen molar-refractivity contribution in [1.82, 2.24) is 10.3 Å². The Labute approximate surface area is 79.4 Å². The molecule has 1 aromatic heterocycles. The van der Waals surface area contributed by atoms with E-state index in [-0.39, 0.29) is 0 Å². The van der Waals surface area contributed by atoms with Crippen molar-refractivity contribution in [3.8, 4) is 11.8 Å². The quantitative estimate of drug-likeness (QED) is 0.554. The zero-order valence-electron chi connectivity index (χ0n) is 7.88. The van der Waals surface area contributed by atoms with Crippen molar-refractivity contribution in [2.24, 2.45) is 0 Å². The highest BCUT2D eigenvalue weighted by Gasteiger charge is 1.89. The summed E-state index contributed by atoms with van der Waals surface area (Å²) in [4.78, 5) is 4.03. The fraction of sp³-hybridized carbons (Fsp3) is 0.364. The van der Waals surface area contributed by atoms with E-state index in [2.05, 4.69) is 28.2 Å². The summed E-state index contributed by atoms with van der Waals surface area (Å²) in [6, 6.07) is 4.01. The van der Waals surface area contributed by atoms with E-state index < -0.39 is 0 Å². The Balaban J connectivity index is 2.16. The molecule has 1 aromatic rings. The van der Waals surface area contributed by atoms with Gasteiger partial charge in [-0.1, -0.05) is 6.07 Å². The van der Waals surface area contributed by atoms with Gasteiger partial charge in [0.2, 0.25) is 0 Å². The van der Waals surface area contributed by atoms with Crippen molar-refractivity contribution in [3.63, 3.8) is 0 Å². The molecule has 0 aliphatic carbocycles. The molecule has 0 aromatic carbocycles. The standard InChI is InChI=1S/C11H14N2/c1-2-3-4-7-12-9-11-6-5-8-13-10-11/h5-6,8,10,12H,4,7,9H2,1H3. The maximum absolute atomic E-state index is 4.03. The maximum atomic E-state index is 4.03. The fourth-order valence-corrected chi connectivity index (χ4v) is 1.01. The van der Waals surface area contributed by atoms with Gasteiger partial charge in [0.25, 0.3) is 0 Å². The van der Waals surface area contributed by atoms with Crippen molar-refractivity contribution in [3.05, 3.63) is 30.1 Å². The molecule has 1 rings (SSSR count). The molecule has 0 aliphatic heterocycles. The molecule has 1 N–H and O–H groups in total. The molecule has 0 fully saturated rings. The molecular weight excluding hydrogens is 160 g/mol. The second-order valence-corrected chi connectivity index (χ2v) is 2.71. The average molecular weight is 174 g/mol. The van der Waals surface area contributed by atoms with Gasteiger partial charge in [0.15, 0.2) is 0 Å². The molecule has 68 valence electrons. The van der Waals surface area contributed by atoms with Crippen LogP contribution in [0.1, 0.15) is 18.9 Å². The fourth-order valence-electron chi connectivity index (χ4n) is 1.01. The molecule has 0 amide bonds. The van der Waals surface area contributed by atoms with Crippen molar-refractivity contribution in [2.75, 3.05) is 6.54 Å². The van der Waals surface area contributed by atoms with Gasteiger partial charge in [-0.15, -0.1) is 11.8 Å². The summed E-state index contributed by atoms with van der Waals surface area (Å²) in [5.41, 5.74) is 1.21. The van der Waals surface area contributed by atoms with Crippen LogP contribution >= 0.6 is 0 Å². The Morgan fingerprint density at radius 1 is 1.54 bits per heavy atom. The molecule has 0 saturated carbocycles. The third kappa shape index (κ3) is 4.29. The van der Waals surface area contributed by atoms with Gasteiger partial charge >= 0.3 is 0 Å². The Kier molecular flexibility index (Phi) is 4.66.